The van der Waals surface area contributed by atoms with Crippen molar-refractivity contribution in [1.29, 1.82) is 0 Å². The molecule has 0 spiro atoms. The van der Waals surface area contributed by atoms with Crippen molar-refractivity contribution in [1.82, 2.24) is 10.2 Å². The van der Waals surface area contributed by atoms with Crippen LogP contribution in [-0.4, -0.2) is 45.2 Å². The van der Waals surface area contributed by atoms with Crippen molar-refractivity contribution in [3.8, 4) is 0 Å². The molecule has 0 aromatic heterocycles. The number of amides is 2. The van der Waals surface area contributed by atoms with Gasteiger partial charge in [0.05, 0.1) is 4.91 Å². The minimum absolute atomic E-state index is 0.0690. The van der Waals surface area contributed by atoms with Gasteiger partial charge >= 0.3 is 5.97 Å². The van der Waals surface area contributed by atoms with Gasteiger partial charge in [-0.15, -0.1) is 0 Å². The van der Waals surface area contributed by atoms with Crippen molar-refractivity contribution < 1.29 is 19.5 Å². The average molecular weight is 503 g/mol. The van der Waals surface area contributed by atoms with Crippen LogP contribution in [0.1, 0.15) is 69.8 Å². The second kappa shape index (κ2) is 16.2. The first-order valence-electron chi connectivity index (χ1n) is 11.9. The van der Waals surface area contributed by atoms with Crippen LogP contribution in [-0.2, 0) is 14.4 Å². The molecule has 2 rings (SSSR count). The molecule has 0 bridgehead atoms. The number of allylic oxidation sites excluding steroid dienone is 2. The monoisotopic (exact) mass is 502 g/mol. The molecule has 184 valence electrons. The summed E-state index contributed by atoms with van der Waals surface area (Å²) in [5.74, 6) is -0.937. The lowest BCUT2D eigenvalue weighted by molar-refractivity contribution is -0.137. The number of aliphatic carboxylic acids is 1. The fourth-order valence-corrected chi connectivity index (χ4v) is 4.77. The molecule has 1 aromatic carbocycles. The topological polar surface area (TPSA) is 86.7 Å². The second-order valence-corrected chi connectivity index (χ2v) is 9.87. The van der Waals surface area contributed by atoms with Gasteiger partial charge in [-0.1, -0.05) is 105 Å². The third-order valence-electron chi connectivity index (χ3n) is 5.41. The number of unbranched alkanes of at least 4 members (excludes halogenated alkanes) is 7. The Morgan fingerprint density at radius 1 is 0.971 bits per heavy atom. The number of thioether (sulfide) groups is 1. The largest absolute Gasteiger partial charge is 0.481 e. The first-order chi connectivity index (χ1) is 16.5. The molecule has 0 aliphatic carbocycles. The molecule has 0 radical (unpaired) electrons. The predicted molar refractivity (Wildman–Crippen MR) is 142 cm³/mol. The number of thiocarbonyl (C=S) groups is 1. The highest BCUT2D eigenvalue weighted by molar-refractivity contribution is 8.26. The molecule has 1 heterocycles. The van der Waals surface area contributed by atoms with Crippen LogP contribution in [0.25, 0.3) is 6.08 Å². The van der Waals surface area contributed by atoms with E-state index in [2.05, 4.69) is 5.32 Å². The number of carboxylic acid groups (broad SMARTS) is 1. The van der Waals surface area contributed by atoms with Crippen LogP contribution in [0.4, 0.5) is 0 Å². The average Bonchev–Trinajstić information content (AvgIpc) is 3.09. The zero-order valence-electron chi connectivity index (χ0n) is 19.5. The van der Waals surface area contributed by atoms with Gasteiger partial charge in [0.15, 0.2) is 0 Å². The van der Waals surface area contributed by atoms with Crippen molar-refractivity contribution in [2.24, 2.45) is 0 Å². The van der Waals surface area contributed by atoms with Crippen molar-refractivity contribution in [3.63, 3.8) is 0 Å². The summed E-state index contributed by atoms with van der Waals surface area (Å²) in [6.07, 6.45) is 14.2. The first-order valence-corrected chi connectivity index (χ1v) is 13.2. The maximum Gasteiger partial charge on any atom is 0.303 e. The fourth-order valence-electron chi connectivity index (χ4n) is 3.51. The van der Waals surface area contributed by atoms with Crippen LogP contribution in [0.3, 0.4) is 0 Å². The molecule has 1 aliphatic heterocycles. The Morgan fingerprint density at radius 2 is 1.62 bits per heavy atom. The summed E-state index contributed by atoms with van der Waals surface area (Å²) in [6, 6.07) is 9.85. The maximum atomic E-state index is 12.6. The minimum Gasteiger partial charge on any atom is -0.481 e. The number of benzene rings is 1. The lowest BCUT2D eigenvalue weighted by atomic mass is 10.1. The third kappa shape index (κ3) is 11.1. The summed E-state index contributed by atoms with van der Waals surface area (Å²) in [6.45, 7) is 0.929. The molecular weight excluding hydrogens is 468 g/mol. The Morgan fingerprint density at radius 3 is 2.29 bits per heavy atom. The van der Waals surface area contributed by atoms with E-state index >= 15 is 0 Å². The summed E-state index contributed by atoms with van der Waals surface area (Å²) in [4.78, 5) is 37.3. The third-order valence-corrected chi connectivity index (χ3v) is 6.81. The molecule has 6 nitrogen and oxygen atoms in total. The van der Waals surface area contributed by atoms with Crippen LogP contribution >= 0.6 is 24.0 Å². The van der Waals surface area contributed by atoms with Crippen molar-refractivity contribution in [2.45, 2.75) is 64.2 Å². The van der Waals surface area contributed by atoms with E-state index in [9.17, 15) is 14.4 Å². The van der Waals surface area contributed by atoms with Gasteiger partial charge in [-0.25, -0.2) is 0 Å². The quantitative estimate of drug-likeness (QED) is 0.175. The van der Waals surface area contributed by atoms with E-state index < -0.39 is 5.97 Å². The predicted octanol–water partition coefficient (Wildman–Crippen LogP) is 5.55. The Hall–Kier alpha value is -2.45. The summed E-state index contributed by atoms with van der Waals surface area (Å²) in [7, 11) is 0. The van der Waals surface area contributed by atoms with Gasteiger partial charge < -0.3 is 10.4 Å². The number of carbonyl (C=O) groups is 3. The lowest BCUT2D eigenvalue weighted by Crippen LogP contribution is -2.33. The summed E-state index contributed by atoms with van der Waals surface area (Å²) < 4.78 is 0.486. The Kier molecular flexibility index (Phi) is 13.3. The van der Waals surface area contributed by atoms with Crippen LogP contribution in [0.15, 0.2) is 47.4 Å². The molecule has 2 N–H and O–H groups in total. The molecule has 0 unspecified atom stereocenters. The molecule has 8 heteroatoms. The summed E-state index contributed by atoms with van der Waals surface area (Å²) in [5.41, 5.74) is 1.05. The highest BCUT2D eigenvalue weighted by atomic mass is 32.2. The highest BCUT2D eigenvalue weighted by Gasteiger charge is 2.31. The molecule has 1 aliphatic rings. The number of carbonyl (C=O) groups excluding carboxylic acids is 2. The zero-order chi connectivity index (χ0) is 24.6. The van der Waals surface area contributed by atoms with Crippen molar-refractivity contribution >= 4 is 52.2 Å². The van der Waals surface area contributed by atoms with E-state index in [-0.39, 0.29) is 31.2 Å². The van der Waals surface area contributed by atoms with Crippen molar-refractivity contribution in [3.05, 3.63) is 53.0 Å². The number of nitrogens with one attached hydrogen (secondary N) is 1. The molecular formula is C26H34N2O4S2. The lowest BCUT2D eigenvalue weighted by Gasteiger charge is -2.14. The van der Waals surface area contributed by atoms with E-state index in [1.165, 1.54) is 16.7 Å². The standard InChI is InChI=1S/C26H34N2O4S2/c29-23(27-19-11-6-4-2-1-3-5-10-17-24(30)31)18-20-28-25(32)22(34-26(28)33)16-12-15-21-13-8-7-9-14-21/h7-9,12-16H,1-6,10-11,17-20H2,(H,27,29)(H,30,31)/b15-12+,22-16+. The van der Waals surface area contributed by atoms with Gasteiger partial charge in [0.2, 0.25) is 5.91 Å². The van der Waals surface area contributed by atoms with Crippen LogP contribution in [0, 0.1) is 0 Å². The van der Waals surface area contributed by atoms with Gasteiger partial charge in [-0.2, -0.15) is 0 Å². The van der Waals surface area contributed by atoms with E-state index in [0.717, 1.165) is 56.9 Å². The molecule has 1 aromatic rings. The smallest absolute Gasteiger partial charge is 0.303 e. The molecule has 0 atom stereocenters. The Bertz CT molecular complexity index is 884. The number of nitrogens with zero attached hydrogens (tertiary/aromatic N) is 1. The van der Waals surface area contributed by atoms with Crippen LogP contribution in [0.5, 0.6) is 0 Å². The number of hydrogen-bond donors (Lipinski definition) is 2. The number of carboxylic acids is 1. The van der Waals surface area contributed by atoms with Gasteiger partial charge in [0.1, 0.15) is 4.32 Å². The number of rotatable bonds is 16. The van der Waals surface area contributed by atoms with Gasteiger partial charge in [-0.3, -0.25) is 19.3 Å². The second-order valence-electron chi connectivity index (χ2n) is 8.20. The van der Waals surface area contributed by atoms with E-state index in [0.29, 0.717) is 15.8 Å². The van der Waals surface area contributed by atoms with Gasteiger partial charge in [-0.05, 0) is 24.5 Å². The highest BCUT2D eigenvalue weighted by Crippen LogP contribution is 2.31. The fraction of sp³-hybridized carbons (Fsp3) is 0.462. The normalized spacial score (nSPS) is 14.9. The van der Waals surface area contributed by atoms with Crippen LogP contribution in [0.2, 0.25) is 0 Å². The molecule has 1 fully saturated rings. The van der Waals surface area contributed by atoms with E-state index in [4.69, 9.17) is 17.3 Å². The van der Waals surface area contributed by atoms with E-state index in [1.807, 2.05) is 42.5 Å². The summed E-state index contributed by atoms with van der Waals surface area (Å²) in [5, 5.41) is 11.5. The molecule has 1 saturated heterocycles. The maximum absolute atomic E-state index is 12.6. The molecule has 34 heavy (non-hydrogen) atoms. The SMILES string of the molecule is O=C(O)CCCCCCCCCCNC(=O)CCN1C(=O)/C(=C\C=C\c2ccccc2)SC1=S. The van der Waals surface area contributed by atoms with Gasteiger partial charge in [0, 0.05) is 25.9 Å². The Balaban J connectivity index is 1.55. The first kappa shape index (κ1) is 27.8. The van der Waals surface area contributed by atoms with Crippen molar-refractivity contribution in [2.75, 3.05) is 13.1 Å². The summed E-state index contributed by atoms with van der Waals surface area (Å²) >= 11 is 6.59. The zero-order valence-corrected chi connectivity index (χ0v) is 21.2. The molecule has 2 amide bonds. The minimum atomic E-state index is -0.718. The Labute approximate surface area is 211 Å². The molecule has 0 saturated carbocycles. The van der Waals surface area contributed by atoms with Gasteiger partial charge in [0.25, 0.3) is 5.91 Å². The van der Waals surface area contributed by atoms with E-state index in [1.54, 1.807) is 6.08 Å². The number of hydrogen-bond acceptors (Lipinski definition) is 5. The van der Waals surface area contributed by atoms with Crippen LogP contribution < -0.4 is 5.32 Å².